The number of β-amino-alcohol motifs (C(OH)–C–C–N with tert-alkyl or cyclic N) is 1. The molecule has 10 fully saturated rings. The van der Waals surface area contributed by atoms with E-state index >= 15 is 0 Å². The van der Waals surface area contributed by atoms with Gasteiger partial charge in [0.2, 0.25) is 23.6 Å². The normalized spacial score (nSPS) is 27.1. The number of halogens is 1. The first-order valence-electron chi connectivity index (χ1n) is 44.6. The van der Waals surface area contributed by atoms with Gasteiger partial charge in [0.25, 0.3) is 0 Å². The predicted octanol–water partition coefficient (Wildman–Crippen LogP) is 9.47. The molecule has 8 heterocycles. The van der Waals surface area contributed by atoms with E-state index in [-0.39, 0.29) is 56.0 Å². The Labute approximate surface area is 734 Å². The molecule has 125 heavy (non-hydrogen) atoms. The van der Waals surface area contributed by atoms with Gasteiger partial charge < -0.3 is 90.2 Å². The SMILES string of the molecule is CC(C)Nc1ccn(-c2cc(Cl)c3ccc(OCCN4CCOCC4)cc3n2)n1.CC[C@@H]1C[C@]1(NC(=O)C1CC(O)CN1C(=O)[C@@H](NC(=O)OC1CC2C[C@H]2C1)C(C)(C)C)C(=O)O.CC[C@@H]1C[C@]1(NC(=O)C1CC(Oc2cc(-n3ccc(NC(C)C)n3)nc3cc(OCCN4CCOCC4)ccc23)CN1C(=O)[C@@H](NC(=O)OC1CC2C[C@H]2C1)C(C)(C)C)C(=O)O. The third-order valence-electron chi connectivity index (χ3n) is 25.9. The van der Waals surface area contributed by atoms with E-state index in [2.05, 4.69) is 60.6 Å². The maximum atomic E-state index is 14.8. The number of aliphatic carboxylic acids is 2. The van der Waals surface area contributed by atoms with E-state index in [0.29, 0.717) is 127 Å². The highest BCUT2D eigenvalue weighted by Gasteiger charge is 2.63. The third kappa shape index (κ3) is 22.2. The minimum atomic E-state index is -1.40. The number of rotatable bonds is 30. The molecule has 6 saturated carbocycles. The van der Waals surface area contributed by atoms with Crippen molar-refractivity contribution in [3.63, 3.8) is 0 Å². The number of aliphatic hydroxyl groups is 1. The fourth-order valence-corrected chi connectivity index (χ4v) is 18.8. The summed E-state index contributed by atoms with van der Waals surface area (Å²) in [6, 6.07) is 15.2. The number of alkyl carbamates (subject to hydrolysis) is 2. The van der Waals surface area contributed by atoms with Crippen LogP contribution >= 0.6 is 11.6 Å². The summed E-state index contributed by atoms with van der Waals surface area (Å²) in [5.74, 6) is 2.28. The zero-order valence-corrected chi connectivity index (χ0v) is 74.6. The van der Waals surface area contributed by atoms with Gasteiger partial charge in [0.15, 0.2) is 11.6 Å². The van der Waals surface area contributed by atoms with Crippen molar-refractivity contribution in [2.24, 2.45) is 46.3 Å². The first kappa shape index (κ1) is 91.3. The van der Waals surface area contributed by atoms with Crippen LogP contribution in [-0.4, -0.2) is 276 Å². The van der Waals surface area contributed by atoms with Crippen LogP contribution in [-0.2, 0) is 47.7 Å². The monoisotopic (exact) mass is 1750 g/mol. The number of carbonyl (C=O) groups is 8. The molecule has 6 amide bonds. The second kappa shape index (κ2) is 38.4. The minimum Gasteiger partial charge on any atom is -0.492 e. The molecule has 35 heteroatoms. The van der Waals surface area contributed by atoms with Gasteiger partial charge in [0, 0.05) is 130 Å². The lowest BCUT2D eigenvalue weighted by atomic mass is 9.85. The van der Waals surface area contributed by atoms with Gasteiger partial charge in [-0.1, -0.05) is 79.8 Å². The fourth-order valence-electron chi connectivity index (χ4n) is 18.5. The first-order valence-corrected chi connectivity index (χ1v) is 45.0. The number of pyridine rings is 2. The molecule has 680 valence electrons. The van der Waals surface area contributed by atoms with Crippen LogP contribution in [0.15, 0.2) is 73.1 Å². The Morgan fingerprint density at radius 2 is 0.968 bits per heavy atom. The number of ether oxygens (including phenoxy) is 7. The molecule has 0 spiro atoms. The topological polar surface area (TPSA) is 408 Å². The molecule has 2 aromatic carbocycles. The zero-order chi connectivity index (χ0) is 89.1. The Kier molecular flexibility index (Phi) is 28.0. The lowest BCUT2D eigenvalue weighted by molar-refractivity contribution is -0.146. The maximum Gasteiger partial charge on any atom is 0.408 e. The van der Waals surface area contributed by atoms with Crippen LogP contribution in [0.5, 0.6) is 17.2 Å². The molecule has 16 rings (SSSR count). The maximum absolute atomic E-state index is 14.8. The number of nitrogens with one attached hydrogen (secondary N) is 6. The number of hydrogen-bond acceptors (Lipinski definition) is 24. The van der Waals surface area contributed by atoms with E-state index in [4.69, 9.17) is 59.8 Å². The molecule has 6 aromatic rings. The molecule has 34 nitrogen and oxygen atoms in total. The van der Waals surface area contributed by atoms with Gasteiger partial charge >= 0.3 is 24.1 Å². The number of aromatic nitrogens is 6. The molecule has 4 saturated heterocycles. The van der Waals surface area contributed by atoms with Crippen molar-refractivity contribution >= 4 is 92.8 Å². The minimum absolute atomic E-state index is 0.00436. The lowest BCUT2D eigenvalue weighted by Gasteiger charge is -2.35. The highest BCUT2D eigenvalue weighted by atomic mass is 35.5. The smallest absolute Gasteiger partial charge is 0.408 e. The molecule has 6 aliphatic carbocycles. The van der Waals surface area contributed by atoms with Crippen LogP contribution in [0.25, 0.3) is 33.4 Å². The van der Waals surface area contributed by atoms with E-state index in [9.17, 15) is 53.7 Å². The van der Waals surface area contributed by atoms with Crippen molar-refractivity contribution in [2.75, 3.05) is 103 Å². The number of carboxylic acid groups (broad SMARTS) is 2. The summed E-state index contributed by atoms with van der Waals surface area (Å²) in [7, 11) is 0. The van der Waals surface area contributed by atoms with Gasteiger partial charge in [-0.15, -0.1) is 10.2 Å². The number of amides is 6. The van der Waals surface area contributed by atoms with Crippen LogP contribution in [0, 0.1) is 46.3 Å². The van der Waals surface area contributed by atoms with Gasteiger partial charge in [-0.2, -0.15) is 0 Å². The van der Waals surface area contributed by atoms with Crippen LogP contribution in [0.1, 0.15) is 160 Å². The average molecular weight is 1750 g/mol. The second-order valence-corrected chi connectivity index (χ2v) is 38.6. The number of nitrogens with zero attached hydrogens (tertiary/aromatic N) is 10. The summed E-state index contributed by atoms with van der Waals surface area (Å²) in [6.45, 7) is 32.2. The largest absolute Gasteiger partial charge is 0.492 e. The first-order chi connectivity index (χ1) is 59.5. The Morgan fingerprint density at radius 1 is 0.544 bits per heavy atom. The molecule has 0 radical (unpaired) electrons. The number of fused-ring (bicyclic) bond motifs is 4. The summed E-state index contributed by atoms with van der Waals surface area (Å²) in [5, 5.41) is 59.2. The Balaban J connectivity index is 0.000000169. The van der Waals surface area contributed by atoms with Gasteiger partial charge in [-0.05, 0) is 150 Å². The number of carboxylic acids is 2. The predicted molar refractivity (Wildman–Crippen MR) is 465 cm³/mol. The molecule has 10 aliphatic rings. The Morgan fingerprint density at radius 3 is 1.39 bits per heavy atom. The highest BCUT2D eigenvalue weighted by Crippen LogP contribution is 2.54. The van der Waals surface area contributed by atoms with Crippen molar-refractivity contribution in [3.8, 4) is 28.9 Å². The van der Waals surface area contributed by atoms with Crippen molar-refractivity contribution in [3.05, 3.63) is 78.1 Å². The van der Waals surface area contributed by atoms with E-state index in [1.807, 2.05) is 115 Å². The van der Waals surface area contributed by atoms with Crippen LogP contribution in [0.3, 0.4) is 0 Å². The van der Waals surface area contributed by atoms with Gasteiger partial charge in [0.05, 0.1) is 55.1 Å². The molecule has 0 bridgehead atoms. The molecule has 4 aliphatic heterocycles. The number of benzene rings is 2. The van der Waals surface area contributed by atoms with Gasteiger partial charge in [-0.3, -0.25) is 29.0 Å². The molecule has 8 unspecified atom stereocenters. The number of aliphatic hydroxyl groups excluding tert-OH is 1. The summed E-state index contributed by atoms with van der Waals surface area (Å²) in [6.07, 6.45) is 8.08. The van der Waals surface area contributed by atoms with Crippen LogP contribution < -0.4 is 46.1 Å². The van der Waals surface area contributed by atoms with E-state index < -0.39 is 106 Å². The summed E-state index contributed by atoms with van der Waals surface area (Å²) >= 11 is 6.51. The molecular weight excluding hydrogens is 1630 g/mol. The second-order valence-electron chi connectivity index (χ2n) is 38.2. The molecule has 9 N–H and O–H groups in total. The average Bonchev–Trinajstić information content (AvgIpc) is 1.60. The number of anilines is 2. The number of carbonyl (C=O) groups excluding carboxylic acids is 6. The molecule has 4 aromatic heterocycles. The van der Waals surface area contributed by atoms with Crippen molar-refractivity contribution in [1.29, 1.82) is 0 Å². The Bertz CT molecular complexity index is 4870. The number of hydrogen-bond donors (Lipinski definition) is 9. The quantitative estimate of drug-likeness (QED) is 0.0202. The zero-order valence-electron chi connectivity index (χ0n) is 73.9. The van der Waals surface area contributed by atoms with Gasteiger partial charge in [0.1, 0.15) is 95.7 Å². The molecular formula is C90H125ClN16O18. The standard InChI is InChI=1S/C45H62N8O9.C24H37N3O7.C21H26ClN5O2/c1-7-29-24-45(29,42(56)57)49-40(54)35-22-32(25-52(35)41(55)39(44(4,5)6)48-43(58)62-31-19-27-18-28(27)20-31)61-36-23-38(53-11-10-37(50-53)46-26(2)3)47-34-21-30(8-9-33(34)36)60-17-14-51-12-15-59-16-13-51;1-5-14-10-24(14,21(31)32)26-19(29)17-9-15(28)11-27(17)20(30)18(23(2,3)4)25-22(33)34-16-7-12-6-13(12)8-16;1-15(2)23-20-5-6-27(25-20)21-14-18(22)17-4-3-16(13-19(17)24-21)29-12-9-26-7-10-28-11-8-26/h8-11,21,23,26-29,31-32,35,39H,7,12-20,22,24-25H2,1-6H3,(H,46,50)(H,48,58)(H,49,54)(H,56,57);12-18,28H,5-11H2,1-4H3,(H,25,33)(H,26,29)(H,31,32);3-6,13-15H,7-12H2,1-2H3,(H,23,25)/t27-,28?,29+,31?,32?,35?,39+,45+;12-,13?,14+,15?,16?,17?,18+,24+;/m00./s1. The van der Waals surface area contributed by atoms with Crippen molar-refractivity contribution in [1.82, 2.24) is 70.4 Å². The van der Waals surface area contributed by atoms with E-state index in [0.717, 1.165) is 101 Å². The van der Waals surface area contributed by atoms with E-state index in [1.165, 1.54) is 22.6 Å². The van der Waals surface area contributed by atoms with E-state index in [1.54, 1.807) is 36.2 Å². The summed E-state index contributed by atoms with van der Waals surface area (Å²) in [4.78, 5) is 123. The van der Waals surface area contributed by atoms with Crippen molar-refractivity contribution < 1.29 is 86.8 Å². The lowest BCUT2D eigenvalue weighted by Crippen LogP contribution is -2.59. The van der Waals surface area contributed by atoms with Crippen molar-refractivity contribution in [2.45, 2.75) is 232 Å². The number of morpholine rings is 2. The summed E-state index contributed by atoms with van der Waals surface area (Å²) in [5.41, 5.74) is -2.81. The van der Waals surface area contributed by atoms with Gasteiger partial charge in [-0.25, -0.2) is 38.5 Å². The number of likely N-dealkylation sites (tertiary alicyclic amines) is 2. The third-order valence-corrected chi connectivity index (χ3v) is 26.2. The fraction of sp³-hybridized carbons (Fsp3) is 0.644. The van der Waals surface area contributed by atoms with Crippen LogP contribution in [0.2, 0.25) is 5.02 Å². The van der Waals surface area contributed by atoms with Crippen LogP contribution in [0.4, 0.5) is 21.2 Å². The summed E-state index contributed by atoms with van der Waals surface area (Å²) < 4.78 is 44.5. The molecule has 16 atom stereocenters. The highest BCUT2D eigenvalue weighted by molar-refractivity contribution is 6.35. The Hall–Kier alpha value is -9.87.